The van der Waals surface area contributed by atoms with Crippen LogP contribution in [0.25, 0.3) is 11.5 Å². The summed E-state index contributed by atoms with van der Waals surface area (Å²) in [6.07, 6.45) is 0.406. The van der Waals surface area contributed by atoms with Crippen molar-refractivity contribution in [2.75, 3.05) is 0 Å². The molecule has 7 nitrogen and oxygen atoms in total. The number of amides is 2. The van der Waals surface area contributed by atoms with E-state index >= 15 is 0 Å². The fraction of sp³-hybridized carbons (Fsp3) is 0.250. The first kappa shape index (κ1) is 21.8. The maximum absolute atomic E-state index is 12.8. The lowest BCUT2D eigenvalue weighted by atomic mass is 10.0. The molecule has 4 rings (SSSR count). The Labute approximate surface area is 189 Å². The van der Waals surface area contributed by atoms with Crippen LogP contribution < -0.4 is 5.32 Å². The Morgan fingerprint density at radius 3 is 2.44 bits per heavy atom. The zero-order chi connectivity index (χ0) is 22.9. The molecule has 164 valence electrons. The van der Waals surface area contributed by atoms with Gasteiger partial charge in [-0.05, 0) is 57.0 Å². The third-order valence-corrected chi connectivity index (χ3v) is 6.09. The van der Waals surface area contributed by atoms with Crippen molar-refractivity contribution in [2.24, 2.45) is 0 Å². The Balaban J connectivity index is 1.45. The fourth-order valence-corrected chi connectivity index (χ4v) is 4.38. The zero-order valence-corrected chi connectivity index (χ0v) is 18.7. The second-order valence-corrected chi connectivity index (χ2v) is 9.15. The van der Waals surface area contributed by atoms with Crippen molar-refractivity contribution in [3.8, 4) is 11.5 Å². The summed E-state index contributed by atoms with van der Waals surface area (Å²) in [4.78, 5) is 40.4. The molecule has 0 spiro atoms. The number of aryl methyl sites for hydroxylation is 1. The Hall–Kier alpha value is -3.39. The SMILES string of the molecule is Cc1oc(-c2ccccc2)nc1C(C)(C)OC(=O)c1ccc(CC2SC(=O)NC2=O)cc1. The lowest BCUT2D eigenvalue weighted by Crippen LogP contribution is -2.27. The van der Waals surface area contributed by atoms with Crippen molar-refractivity contribution in [3.63, 3.8) is 0 Å². The van der Waals surface area contributed by atoms with Crippen LogP contribution in [0.1, 0.15) is 41.2 Å². The largest absolute Gasteiger partial charge is 0.449 e. The first-order chi connectivity index (χ1) is 15.2. The number of esters is 1. The van der Waals surface area contributed by atoms with Crippen molar-refractivity contribution in [2.45, 2.75) is 38.0 Å². The molecule has 0 radical (unpaired) electrons. The minimum Gasteiger partial charge on any atom is -0.449 e. The van der Waals surface area contributed by atoms with E-state index in [1.54, 1.807) is 45.0 Å². The molecular weight excluding hydrogens is 428 g/mol. The first-order valence-electron chi connectivity index (χ1n) is 10.1. The Kier molecular flexibility index (Phi) is 5.88. The van der Waals surface area contributed by atoms with Crippen LogP contribution in [0.2, 0.25) is 0 Å². The van der Waals surface area contributed by atoms with Gasteiger partial charge in [-0.15, -0.1) is 0 Å². The quantitative estimate of drug-likeness (QED) is 0.547. The predicted molar refractivity (Wildman–Crippen MR) is 120 cm³/mol. The van der Waals surface area contributed by atoms with Gasteiger partial charge in [-0.3, -0.25) is 14.9 Å². The average Bonchev–Trinajstić information content (AvgIpc) is 3.30. The molecule has 8 heteroatoms. The van der Waals surface area contributed by atoms with Crippen molar-refractivity contribution >= 4 is 28.9 Å². The van der Waals surface area contributed by atoms with Gasteiger partial charge in [0, 0.05) is 5.56 Å². The second kappa shape index (κ2) is 8.63. The van der Waals surface area contributed by atoms with Gasteiger partial charge in [0.25, 0.3) is 5.24 Å². The zero-order valence-electron chi connectivity index (χ0n) is 17.9. The smallest absolute Gasteiger partial charge is 0.339 e. The number of carbonyl (C=O) groups excluding carboxylic acids is 3. The van der Waals surface area contributed by atoms with E-state index in [9.17, 15) is 14.4 Å². The summed E-state index contributed by atoms with van der Waals surface area (Å²) in [6.45, 7) is 5.33. The lowest BCUT2D eigenvalue weighted by Gasteiger charge is -2.23. The minimum atomic E-state index is -1.00. The molecule has 1 aliphatic rings. The highest BCUT2D eigenvalue weighted by atomic mass is 32.2. The number of thioether (sulfide) groups is 1. The average molecular weight is 451 g/mol. The van der Waals surface area contributed by atoms with E-state index in [-0.39, 0.29) is 11.1 Å². The minimum absolute atomic E-state index is 0.289. The molecule has 1 aliphatic heterocycles. The number of nitrogens with one attached hydrogen (secondary N) is 1. The number of imide groups is 1. The molecule has 1 N–H and O–H groups in total. The summed E-state index contributed by atoms with van der Waals surface area (Å²) in [5.41, 5.74) is 1.62. The van der Waals surface area contributed by atoms with Crippen molar-refractivity contribution in [3.05, 3.63) is 77.2 Å². The molecule has 0 saturated carbocycles. The highest BCUT2D eigenvalue weighted by Gasteiger charge is 2.33. The third-order valence-electron chi connectivity index (χ3n) is 5.11. The van der Waals surface area contributed by atoms with E-state index in [0.29, 0.717) is 29.3 Å². The summed E-state index contributed by atoms with van der Waals surface area (Å²) >= 11 is 0.979. The number of hydrogen-bond donors (Lipinski definition) is 1. The third kappa shape index (κ3) is 4.60. The summed E-state index contributed by atoms with van der Waals surface area (Å²) in [5.74, 6) is 0.272. The molecule has 1 saturated heterocycles. The number of rotatable bonds is 6. The molecule has 0 bridgehead atoms. The van der Waals surface area contributed by atoms with Gasteiger partial charge in [0.1, 0.15) is 11.5 Å². The molecule has 3 aromatic rings. The fourth-order valence-electron chi connectivity index (χ4n) is 3.52. The summed E-state index contributed by atoms with van der Waals surface area (Å²) < 4.78 is 11.6. The molecule has 1 unspecified atom stereocenters. The van der Waals surface area contributed by atoms with Gasteiger partial charge in [0.15, 0.2) is 5.60 Å². The number of oxazole rings is 1. The van der Waals surface area contributed by atoms with Crippen molar-refractivity contribution in [1.82, 2.24) is 10.3 Å². The molecule has 1 aromatic heterocycles. The normalized spacial score (nSPS) is 16.2. The van der Waals surface area contributed by atoms with Crippen LogP contribution in [0.5, 0.6) is 0 Å². The number of benzene rings is 2. The van der Waals surface area contributed by atoms with E-state index in [2.05, 4.69) is 10.3 Å². The van der Waals surface area contributed by atoms with Crippen LogP contribution in [0.3, 0.4) is 0 Å². The van der Waals surface area contributed by atoms with Gasteiger partial charge >= 0.3 is 5.97 Å². The van der Waals surface area contributed by atoms with Gasteiger partial charge < -0.3 is 9.15 Å². The molecule has 1 fully saturated rings. The summed E-state index contributed by atoms with van der Waals surface area (Å²) in [6, 6.07) is 16.3. The van der Waals surface area contributed by atoms with Crippen LogP contribution in [0.4, 0.5) is 4.79 Å². The number of nitrogens with zero attached hydrogens (tertiary/aromatic N) is 1. The molecule has 32 heavy (non-hydrogen) atoms. The molecule has 0 aliphatic carbocycles. The lowest BCUT2D eigenvalue weighted by molar-refractivity contribution is -0.118. The van der Waals surface area contributed by atoms with Crippen LogP contribution in [0.15, 0.2) is 59.0 Å². The molecule has 2 aromatic carbocycles. The number of carbonyl (C=O) groups is 3. The first-order valence-corrected chi connectivity index (χ1v) is 11.0. The standard InChI is InChI=1S/C24H22N2O5S/c1-14-19(25-21(30-14)16-7-5-4-6-8-16)24(2,3)31-22(28)17-11-9-15(10-12-17)13-18-20(27)26-23(29)32-18/h4-12,18H,13H2,1-3H3,(H,26,27,29). The van der Waals surface area contributed by atoms with Gasteiger partial charge in [-0.25, -0.2) is 9.78 Å². The van der Waals surface area contributed by atoms with Gasteiger partial charge in [-0.1, -0.05) is 42.1 Å². The van der Waals surface area contributed by atoms with E-state index in [4.69, 9.17) is 9.15 Å². The maximum Gasteiger partial charge on any atom is 0.339 e. The van der Waals surface area contributed by atoms with Crippen LogP contribution in [0, 0.1) is 6.92 Å². The Morgan fingerprint density at radius 2 is 1.81 bits per heavy atom. The molecule has 1 atom stereocenters. The highest BCUT2D eigenvalue weighted by molar-refractivity contribution is 8.15. The van der Waals surface area contributed by atoms with E-state index in [1.165, 1.54) is 0 Å². The van der Waals surface area contributed by atoms with Gasteiger partial charge in [0.2, 0.25) is 11.8 Å². The predicted octanol–water partition coefficient (Wildman–Crippen LogP) is 4.64. The van der Waals surface area contributed by atoms with E-state index in [1.807, 2.05) is 30.3 Å². The molecule has 2 heterocycles. The topological polar surface area (TPSA) is 98.5 Å². The highest BCUT2D eigenvalue weighted by Crippen LogP contribution is 2.32. The second-order valence-electron chi connectivity index (χ2n) is 7.97. The van der Waals surface area contributed by atoms with Crippen LogP contribution in [-0.2, 0) is 21.6 Å². The molecular formula is C24H22N2O5S. The summed E-state index contributed by atoms with van der Waals surface area (Å²) in [5, 5.41) is 1.49. The van der Waals surface area contributed by atoms with Gasteiger partial charge in [0.05, 0.1) is 10.8 Å². The van der Waals surface area contributed by atoms with Gasteiger partial charge in [-0.2, -0.15) is 0 Å². The maximum atomic E-state index is 12.8. The Morgan fingerprint density at radius 1 is 1.12 bits per heavy atom. The van der Waals surface area contributed by atoms with Crippen LogP contribution >= 0.6 is 11.8 Å². The number of hydrogen-bond acceptors (Lipinski definition) is 7. The molecule has 2 amide bonds. The van der Waals surface area contributed by atoms with Crippen molar-refractivity contribution in [1.29, 1.82) is 0 Å². The summed E-state index contributed by atoms with van der Waals surface area (Å²) in [7, 11) is 0. The monoisotopic (exact) mass is 450 g/mol. The number of aromatic nitrogens is 1. The van der Waals surface area contributed by atoms with E-state index in [0.717, 1.165) is 22.9 Å². The van der Waals surface area contributed by atoms with Crippen LogP contribution in [-0.4, -0.2) is 27.3 Å². The Bertz CT molecular complexity index is 1170. The van der Waals surface area contributed by atoms with E-state index < -0.39 is 16.8 Å². The van der Waals surface area contributed by atoms with Crippen molar-refractivity contribution < 1.29 is 23.5 Å². The number of ether oxygens (including phenoxy) is 1.